The Morgan fingerprint density at radius 2 is 2.42 bits per heavy atom. The van der Waals surface area contributed by atoms with Crippen molar-refractivity contribution in [1.82, 2.24) is 20.4 Å². The van der Waals surface area contributed by atoms with Crippen LogP contribution in [0.4, 0.5) is 0 Å². The standard InChI is InChI=1S/C12H13ClN4O2/c1-18-7-5-9(15-6-7)12-16-11(17-19-12)10-8(13)3-2-4-14-10/h2-4,7,9,15H,5-6H2,1H3/t7-,9+/m0/s1. The molecule has 0 radical (unpaired) electrons. The van der Waals surface area contributed by atoms with Gasteiger partial charge in [0.1, 0.15) is 5.69 Å². The van der Waals surface area contributed by atoms with Gasteiger partial charge in [-0.15, -0.1) is 0 Å². The highest BCUT2D eigenvalue weighted by molar-refractivity contribution is 6.32. The number of nitrogens with zero attached hydrogens (tertiary/aromatic N) is 3. The fraction of sp³-hybridized carbons (Fsp3) is 0.417. The molecule has 0 saturated carbocycles. The highest BCUT2D eigenvalue weighted by Gasteiger charge is 2.29. The van der Waals surface area contributed by atoms with Gasteiger partial charge in [0.15, 0.2) is 0 Å². The minimum absolute atomic E-state index is 0.0219. The highest BCUT2D eigenvalue weighted by Crippen LogP contribution is 2.27. The fourth-order valence-electron chi connectivity index (χ4n) is 2.09. The SMILES string of the molecule is CO[C@@H]1CN[C@@H](c2nc(-c3ncccc3Cl)no2)C1. The van der Waals surface area contributed by atoms with E-state index in [2.05, 4.69) is 20.4 Å². The van der Waals surface area contributed by atoms with Gasteiger partial charge in [0.2, 0.25) is 11.7 Å². The maximum atomic E-state index is 6.05. The van der Waals surface area contributed by atoms with Crippen LogP contribution in [0, 0.1) is 0 Å². The van der Waals surface area contributed by atoms with E-state index in [0.717, 1.165) is 13.0 Å². The average Bonchev–Trinajstić information content (AvgIpc) is 3.08. The molecule has 100 valence electrons. The number of rotatable bonds is 3. The molecular weight excluding hydrogens is 268 g/mol. The Morgan fingerprint density at radius 1 is 1.53 bits per heavy atom. The lowest BCUT2D eigenvalue weighted by atomic mass is 10.2. The van der Waals surface area contributed by atoms with Crippen LogP contribution in [-0.2, 0) is 4.74 Å². The van der Waals surface area contributed by atoms with E-state index in [-0.39, 0.29) is 12.1 Å². The van der Waals surface area contributed by atoms with Crippen LogP contribution in [0.25, 0.3) is 11.5 Å². The molecule has 0 aromatic carbocycles. The number of hydrogen-bond acceptors (Lipinski definition) is 6. The van der Waals surface area contributed by atoms with Crippen molar-refractivity contribution >= 4 is 11.6 Å². The summed E-state index contributed by atoms with van der Waals surface area (Å²) >= 11 is 6.05. The Kier molecular flexibility index (Phi) is 3.46. The van der Waals surface area contributed by atoms with Crippen LogP contribution in [0.2, 0.25) is 5.02 Å². The van der Waals surface area contributed by atoms with E-state index >= 15 is 0 Å². The van der Waals surface area contributed by atoms with Crippen molar-refractivity contribution in [3.63, 3.8) is 0 Å². The maximum Gasteiger partial charge on any atom is 0.244 e. The van der Waals surface area contributed by atoms with Gasteiger partial charge in [-0.3, -0.25) is 4.98 Å². The monoisotopic (exact) mass is 280 g/mol. The molecule has 0 aliphatic carbocycles. The van der Waals surface area contributed by atoms with Crippen molar-refractivity contribution in [3.8, 4) is 11.5 Å². The summed E-state index contributed by atoms with van der Waals surface area (Å²) in [5, 5.41) is 7.71. The van der Waals surface area contributed by atoms with E-state index in [9.17, 15) is 0 Å². The summed E-state index contributed by atoms with van der Waals surface area (Å²) in [5.74, 6) is 0.944. The van der Waals surface area contributed by atoms with E-state index < -0.39 is 0 Å². The van der Waals surface area contributed by atoms with Crippen molar-refractivity contribution in [3.05, 3.63) is 29.2 Å². The first-order chi connectivity index (χ1) is 9.28. The molecule has 1 aliphatic rings. The molecule has 0 spiro atoms. The first-order valence-electron chi connectivity index (χ1n) is 5.98. The zero-order chi connectivity index (χ0) is 13.2. The van der Waals surface area contributed by atoms with E-state index in [4.69, 9.17) is 20.9 Å². The number of ether oxygens (including phenoxy) is 1. The van der Waals surface area contributed by atoms with E-state index in [1.54, 1.807) is 25.4 Å². The Morgan fingerprint density at radius 3 is 3.16 bits per heavy atom. The molecule has 0 unspecified atom stereocenters. The highest BCUT2D eigenvalue weighted by atomic mass is 35.5. The predicted molar refractivity (Wildman–Crippen MR) is 68.7 cm³/mol. The Hall–Kier alpha value is -1.50. The van der Waals surface area contributed by atoms with Crippen molar-refractivity contribution in [2.75, 3.05) is 13.7 Å². The second kappa shape index (κ2) is 5.24. The Bertz CT molecular complexity index is 574. The zero-order valence-corrected chi connectivity index (χ0v) is 11.1. The van der Waals surface area contributed by atoms with Gasteiger partial charge in [-0.25, -0.2) is 0 Å². The van der Waals surface area contributed by atoms with Crippen molar-refractivity contribution in [1.29, 1.82) is 0 Å². The summed E-state index contributed by atoms with van der Waals surface area (Å²) in [6.45, 7) is 0.781. The number of nitrogens with one attached hydrogen (secondary N) is 1. The first kappa shape index (κ1) is 12.5. The molecule has 0 bridgehead atoms. The number of halogens is 1. The van der Waals surface area contributed by atoms with Gasteiger partial charge in [0.05, 0.1) is 17.2 Å². The lowest BCUT2D eigenvalue weighted by Crippen LogP contribution is -2.16. The number of methoxy groups -OCH3 is 1. The molecule has 6 nitrogen and oxygen atoms in total. The molecule has 3 heterocycles. The van der Waals surface area contributed by atoms with Crippen molar-refractivity contribution < 1.29 is 9.26 Å². The van der Waals surface area contributed by atoms with E-state index in [1.807, 2.05) is 0 Å². The molecule has 3 rings (SSSR count). The quantitative estimate of drug-likeness (QED) is 0.925. The molecule has 1 aliphatic heterocycles. The predicted octanol–water partition coefficient (Wildman–Crippen LogP) is 1.83. The molecule has 2 atom stereocenters. The van der Waals surface area contributed by atoms with Crippen molar-refractivity contribution in [2.24, 2.45) is 0 Å². The maximum absolute atomic E-state index is 6.05. The Labute approximate surface area is 115 Å². The van der Waals surface area contributed by atoms with Gasteiger partial charge < -0.3 is 14.6 Å². The molecule has 19 heavy (non-hydrogen) atoms. The van der Waals surface area contributed by atoms with Crippen LogP contribution < -0.4 is 5.32 Å². The minimum atomic E-state index is 0.0219. The number of pyridine rings is 1. The third kappa shape index (κ3) is 2.47. The molecule has 0 amide bonds. The summed E-state index contributed by atoms with van der Waals surface area (Å²) in [7, 11) is 1.70. The van der Waals surface area contributed by atoms with E-state index in [1.165, 1.54) is 0 Å². The van der Waals surface area contributed by atoms with Crippen molar-refractivity contribution in [2.45, 2.75) is 18.6 Å². The van der Waals surface area contributed by atoms with Crippen LogP contribution in [0.5, 0.6) is 0 Å². The lowest BCUT2D eigenvalue weighted by molar-refractivity contribution is 0.116. The molecule has 1 fully saturated rings. The summed E-state index contributed by atoms with van der Waals surface area (Å²) in [6, 6.07) is 3.53. The van der Waals surface area contributed by atoms with Gasteiger partial charge in [-0.1, -0.05) is 16.8 Å². The summed E-state index contributed by atoms with van der Waals surface area (Å²) in [6.07, 6.45) is 2.64. The Balaban J connectivity index is 1.82. The largest absolute Gasteiger partial charge is 0.380 e. The second-order valence-corrected chi connectivity index (χ2v) is 4.75. The second-order valence-electron chi connectivity index (χ2n) is 4.34. The van der Waals surface area contributed by atoms with Crippen LogP contribution in [0.1, 0.15) is 18.4 Å². The average molecular weight is 281 g/mol. The van der Waals surface area contributed by atoms with Crippen LogP contribution in [0.3, 0.4) is 0 Å². The van der Waals surface area contributed by atoms with Crippen LogP contribution in [0.15, 0.2) is 22.9 Å². The van der Waals surface area contributed by atoms with Gasteiger partial charge >= 0.3 is 0 Å². The summed E-state index contributed by atoms with van der Waals surface area (Å²) < 4.78 is 10.6. The number of aromatic nitrogens is 3. The van der Waals surface area contributed by atoms with Gasteiger partial charge in [0.25, 0.3) is 0 Å². The molecule has 1 saturated heterocycles. The first-order valence-corrected chi connectivity index (χ1v) is 6.36. The van der Waals surface area contributed by atoms with Gasteiger partial charge in [-0.05, 0) is 18.6 Å². The van der Waals surface area contributed by atoms with Gasteiger partial charge in [-0.2, -0.15) is 4.98 Å². The van der Waals surface area contributed by atoms with Gasteiger partial charge in [0, 0.05) is 19.9 Å². The molecule has 7 heteroatoms. The number of hydrogen-bond donors (Lipinski definition) is 1. The fourth-order valence-corrected chi connectivity index (χ4v) is 2.30. The van der Waals surface area contributed by atoms with E-state index in [0.29, 0.717) is 22.4 Å². The molecule has 2 aromatic rings. The zero-order valence-electron chi connectivity index (χ0n) is 10.3. The van der Waals surface area contributed by atoms with Crippen LogP contribution >= 0.6 is 11.6 Å². The molecular formula is C12H13ClN4O2. The van der Waals surface area contributed by atoms with Crippen LogP contribution in [-0.4, -0.2) is 34.9 Å². The third-order valence-electron chi connectivity index (χ3n) is 3.13. The minimum Gasteiger partial charge on any atom is -0.380 e. The summed E-state index contributed by atoms with van der Waals surface area (Å²) in [4.78, 5) is 8.51. The smallest absolute Gasteiger partial charge is 0.244 e. The summed E-state index contributed by atoms with van der Waals surface area (Å²) in [5.41, 5.74) is 0.528. The topological polar surface area (TPSA) is 73.1 Å². The lowest BCUT2D eigenvalue weighted by Gasteiger charge is -2.04. The third-order valence-corrected chi connectivity index (χ3v) is 3.44. The normalized spacial score (nSPS) is 22.8. The molecule has 1 N–H and O–H groups in total. The molecule has 2 aromatic heterocycles.